The number of thioether (sulfide) groups is 1. The molecule has 1 aromatic carbocycles. The van der Waals surface area contributed by atoms with Gasteiger partial charge in [-0.3, -0.25) is 4.79 Å². The number of rotatable bonds is 4. The zero-order valence-corrected chi connectivity index (χ0v) is 12.4. The van der Waals surface area contributed by atoms with E-state index in [0.29, 0.717) is 10.9 Å². The van der Waals surface area contributed by atoms with Crippen molar-refractivity contribution in [1.82, 2.24) is 0 Å². The number of benzene rings is 1. The summed E-state index contributed by atoms with van der Waals surface area (Å²) in [6, 6.07) is 3.98. The Kier molecular flexibility index (Phi) is 5.11. The van der Waals surface area contributed by atoms with Crippen LogP contribution in [0, 0.1) is 5.82 Å². The van der Waals surface area contributed by atoms with Crippen LogP contribution in [0.2, 0.25) is 5.02 Å². The smallest absolute Gasteiger partial charge is 0.237 e. The molecule has 1 aromatic rings. The van der Waals surface area contributed by atoms with Crippen molar-refractivity contribution in [2.75, 3.05) is 5.32 Å². The molecule has 1 aliphatic carbocycles. The van der Waals surface area contributed by atoms with Gasteiger partial charge in [0.25, 0.3) is 0 Å². The third-order valence-electron chi connectivity index (χ3n) is 3.26. The van der Waals surface area contributed by atoms with Gasteiger partial charge in [-0.05, 0) is 38.0 Å². The molecule has 2 nitrogen and oxygen atoms in total. The summed E-state index contributed by atoms with van der Waals surface area (Å²) in [4.78, 5) is 12.1. The maximum Gasteiger partial charge on any atom is 0.237 e. The minimum Gasteiger partial charge on any atom is -0.324 e. The van der Waals surface area contributed by atoms with Crippen LogP contribution in [0.3, 0.4) is 0 Å². The van der Waals surface area contributed by atoms with Crippen LogP contribution in [0.1, 0.15) is 32.6 Å². The van der Waals surface area contributed by atoms with Crippen LogP contribution in [0.4, 0.5) is 10.1 Å². The second-order valence-electron chi connectivity index (χ2n) is 4.80. The van der Waals surface area contributed by atoms with Crippen LogP contribution >= 0.6 is 23.4 Å². The largest absolute Gasteiger partial charge is 0.324 e. The Balaban J connectivity index is 1.92. The molecule has 0 saturated heterocycles. The minimum absolute atomic E-state index is 0.0783. The van der Waals surface area contributed by atoms with E-state index in [1.807, 2.05) is 6.92 Å². The zero-order chi connectivity index (χ0) is 13.8. The van der Waals surface area contributed by atoms with Crippen molar-refractivity contribution in [3.8, 4) is 0 Å². The predicted octanol–water partition coefficient (Wildman–Crippen LogP) is 4.48. The van der Waals surface area contributed by atoms with Crippen molar-refractivity contribution in [2.24, 2.45) is 0 Å². The monoisotopic (exact) mass is 301 g/mol. The van der Waals surface area contributed by atoms with E-state index >= 15 is 0 Å². The van der Waals surface area contributed by atoms with Crippen LogP contribution in [0.5, 0.6) is 0 Å². The Hall–Kier alpha value is -0.740. The van der Waals surface area contributed by atoms with Gasteiger partial charge in [0, 0.05) is 5.25 Å². The summed E-state index contributed by atoms with van der Waals surface area (Å²) in [7, 11) is 0. The Morgan fingerprint density at radius 1 is 1.47 bits per heavy atom. The van der Waals surface area contributed by atoms with E-state index in [0.717, 1.165) is 0 Å². The number of hydrogen-bond acceptors (Lipinski definition) is 2. The molecule has 0 heterocycles. The van der Waals surface area contributed by atoms with Crippen molar-refractivity contribution in [3.05, 3.63) is 29.0 Å². The Labute approximate surface area is 122 Å². The van der Waals surface area contributed by atoms with E-state index in [-0.39, 0.29) is 16.2 Å². The van der Waals surface area contributed by atoms with Crippen LogP contribution in [0.15, 0.2) is 18.2 Å². The summed E-state index contributed by atoms with van der Waals surface area (Å²) in [5, 5.41) is 3.45. The normalized spacial score (nSPS) is 17.4. The average molecular weight is 302 g/mol. The number of halogens is 2. The van der Waals surface area contributed by atoms with Gasteiger partial charge in [-0.25, -0.2) is 4.39 Å². The fourth-order valence-electron chi connectivity index (χ4n) is 2.20. The van der Waals surface area contributed by atoms with E-state index in [4.69, 9.17) is 11.6 Å². The molecule has 0 aliphatic heterocycles. The highest BCUT2D eigenvalue weighted by Crippen LogP contribution is 2.33. The molecule has 1 aliphatic rings. The van der Waals surface area contributed by atoms with Gasteiger partial charge in [-0.15, -0.1) is 11.8 Å². The van der Waals surface area contributed by atoms with Gasteiger partial charge in [0.2, 0.25) is 5.91 Å². The third-order valence-corrected chi connectivity index (χ3v) is 5.05. The lowest BCUT2D eigenvalue weighted by Crippen LogP contribution is -2.24. The Morgan fingerprint density at radius 2 is 2.16 bits per heavy atom. The third kappa shape index (κ3) is 4.11. The first-order valence-electron chi connectivity index (χ1n) is 6.47. The molecule has 1 fully saturated rings. The maximum atomic E-state index is 12.9. The summed E-state index contributed by atoms with van der Waals surface area (Å²) in [5.74, 6) is -0.484. The molecule has 2 rings (SSSR count). The van der Waals surface area contributed by atoms with E-state index < -0.39 is 5.82 Å². The lowest BCUT2D eigenvalue weighted by molar-refractivity contribution is -0.115. The van der Waals surface area contributed by atoms with Crippen LogP contribution in [0.25, 0.3) is 0 Å². The van der Waals surface area contributed by atoms with Gasteiger partial charge < -0.3 is 5.32 Å². The van der Waals surface area contributed by atoms with Gasteiger partial charge in [0.15, 0.2) is 0 Å². The molecule has 0 aromatic heterocycles. The number of nitrogens with one attached hydrogen (secondary N) is 1. The second-order valence-corrected chi connectivity index (χ2v) is 6.85. The lowest BCUT2D eigenvalue weighted by Gasteiger charge is -2.16. The summed E-state index contributed by atoms with van der Waals surface area (Å²) in [6.45, 7) is 1.90. The SMILES string of the molecule is C[C@@H](SC1CCCC1)C(=O)Nc1ccc(F)cc1Cl. The summed E-state index contributed by atoms with van der Waals surface area (Å²) in [5.41, 5.74) is 0.465. The molecule has 1 atom stereocenters. The fraction of sp³-hybridized carbons (Fsp3) is 0.500. The van der Waals surface area contributed by atoms with Crippen molar-refractivity contribution in [2.45, 2.75) is 43.1 Å². The first-order valence-corrected chi connectivity index (χ1v) is 7.79. The molecule has 0 bridgehead atoms. The fourth-order valence-corrected chi connectivity index (χ4v) is 3.78. The Bertz CT molecular complexity index is 463. The molecule has 1 amide bonds. The van der Waals surface area contributed by atoms with Gasteiger partial charge in [0.05, 0.1) is 16.0 Å². The number of carbonyl (C=O) groups is 1. The first-order chi connectivity index (χ1) is 9.06. The van der Waals surface area contributed by atoms with Crippen LogP contribution in [-0.2, 0) is 4.79 Å². The highest BCUT2D eigenvalue weighted by atomic mass is 35.5. The lowest BCUT2D eigenvalue weighted by atomic mass is 10.3. The van der Waals surface area contributed by atoms with E-state index in [9.17, 15) is 9.18 Å². The van der Waals surface area contributed by atoms with E-state index in [1.165, 1.54) is 43.9 Å². The van der Waals surface area contributed by atoms with Crippen molar-refractivity contribution >= 4 is 35.0 Å². The highest BCUT2D eigenvalue weighted by Gasteiger charge is 2.22. The summed E-state index contributed by atoms with van der Waals surface area (Å²) in [6.07, 6.45) is 4.91. The molecule has 19 heavy (non-hydrogen) atoms. The molecule has 5 heteroatoms. The number of carbonyl (C=O) groups excluding carboxylic acids is 1. The predicted molar refractivity (Wildman–Crippen MR) is 79.3 cm³/mol. The topological polar surface area (TPSA) is 29.1 Å². The number of amides is 1. The molecule has 0 radical (unpaired) electrons. The molecule has 0 spiro atoms. The van der Waals surface area contributed by atoms with Gasteiger partial charge >= 0.3 is 0 Å². The van der Waals surface area contributed by atoms with E-state index in [1.54, 1.807) is 11.8 Å². The standard InChI is InChI=1S/C14H17ClFNOS/c1-9(19-11-4-2-3-5-11)14(18)17-13-7-6-10(16)8-12(13)15/h6-9,11H,2-5H2,1H3,(H,17,18)/t9-/m1/s1. The Morgan fingerprint density at radius 3 is 2.79 bits per heavy atom. The molecule has 0 unspecified atom stereocenters. The average Bonchev–Trinajstić information content (AvgIpc) is 2.85. The maximum absolute atomic E-state index is 12.9. The molecular weight excluding hydrogens is 285 g/mol. The molecule has 1 saturated carbocycles. The zero-order valence-electron chi connectivity index (χ0n) is 10.8. The molecule has 1 N–H and O–H groups in total. The van der Waals surface area contributed by atoms with E-state index in [2.05, 4.69) is 5.32 Å². The van der Waals surface area contributed by atoms with Crippen molar-refractivity contribution < 1.29 is 9.18 Å². The van der Waals surface area contributed by atoms with Crippen molar-refractivity contribution in [1.29, 1.82) is 0 Å². The van der Waals surface area contributed by atoms with Gasteiger partial charge in [-0.2, -0.15) is 0 Å². The van der Waals surface area contributed by atoms with Crippen LogP contribution in [-0.4, -0.2) is 16.4 Å². The summed E-state index contributed by atoms with van der Waals surface area (Å²) < 4.78 is 12.9. The molecule has 104 valence electrons. The summed E-state index contributed by atoms with van der Waals surface area (Å²) >= 11 is 7.60. The highest BCUT2D eigenvalue weighted by molar-refractivity contribution is 8.01. The van der Waals surface area contributed by atoms with Crippen LogP contribution < -0.4 is 5.32 Å². The quantitative estimate of drug-likeness (QED) is 0.888. The molecular formula is C14H17ClFNOS. The minimum atomic E-state index is -0.406. The first kappa shape index (κ1) is 14.7. The van der Waals surface area contributed by atoms with Gasteiger partial charge in [0.1, 0.15) is 5.82 Å². The van der Waals surface area contributed by atoms with Crippen molar-refractivity contribution in [3.63, 3.8) is 0 Å². The van der Waals surface area contributed by atoms with Gasteiger partial charge in [-0.1, -0.05) is 24.4 Å². The number of anilines is 1. The number of hydrogen-bond donors (Lipinski definition) is 1. The second kappa shape index (κ2) is 6.62.